The molecule has 2 aromatic rings. The zero-order valence-electron chi connectivity index (χ0n) is 17.9. The van der Waals surface area contributed by atoms with Crippen LogP contribution in [0.3, 0.4) is 0 Å². The van der Waals surface area contributed by atoms with Crippen molar-refractivity contribution in [3.8, 4) is 11.1 Å². The van der Waals surface area contributed by atoms with Gasteiger partial charge in [0.05, 0.1) is 5.56 Å². The molecule has 0 radical (unpaired) electrons. The number of carbonyl (C=O) groups excluding carboxylic acids is 1. The third-order valence-corrected chi connectivity index (χ3v) is 5.04. The normalized spacial score (nSPS) is 15.6. The molecular weight excluding hydrogens is 409 g/mol. The predicted molar refractivity (Wildman–Crippen MR) is 111 cm³/mol. The van der Waals surface area contributed by atoms with Crippen molar-refractivity contribution in [2.75, 3.05) is 25.0 Å². The molecule has 0 bridgehead atoms. The molecule has 0 unspecified atom stereocenters. The Morgan fingerprint density at radius 2 is 1.87 bits per heavy atom. The van der Waals surface area contributed by atoms with E-state index in [1.807, 2.05) is 20.8 Å². The van der Waals surface area contributed by atoms with E-state index in [2.05, 4.69) is 15.3 Å². The van der Waals surface area contributed by atoms with Gasteiger partial charge in [-0.1, -0.05) is 0 Å². The minimum absolute atomic E-state index is 0.00330. The number of nitrogens with one attached hydrogen (secondary N) is 1. The Morgan fingerprint density at radius 3 is 2.45 bits per heavy atom. The number of halogens is 3. The maximum absolute atomic E-state index is 13.2. The van der Waals surface area contributed by atoms with Crippen LogP contribution in [-0.4, -0.2) is 46.2 Å². The van der Waals surface area contributed by atoms with Gasteiger partial charge in [0, 0.05) is 49.4 Å². The third-order valence-electron chi connectivity index (χ3n) is 5.04. The Hall–Kier alpha value is -2.84. The number of nitrogens with zero attached hydrogens (tertiary/aromatic N) is 3. The van der Waals surface area contributed by atoms with Gasteiger partial charge < -0.3 is 15.0 Å². The summed E-state index contributed by atoms with van der Waals surface area (Å²) >= 11 is 0. The van der Waals surface area contributed by atoms with Crippen molar-refractivity contribution in [1.82, 2.24) is 14.9 Å². The Bertz CT molecular complexity index is 887. The lowest BCUT2D eigenvalue weighted by molar-refractivity contribution is -0.137. The minimum atomic E-state index is -4.45. The van der Waals surface area contributed by atoms with Crippen molar-refractivity contribution < 1.29 is 22.7 Å². The van der Waals surface area contributed by atoms with Crippen molar-refractivity contribution in [2.24, 2.45) is 5.92 Å². The monoisotopic (exact) mass is 436 g/mol. The van der Waals surface area contributed by atoms with Crippen LogP contribution in [0.15, 0.2) is 36.8 Å². The highest BCUT2D eigenvalue weighted by Crippen LogP contribution is 2.36. The number of pyridine rings is 2. The Labute approximate surface area is 179 Å². The number of aromatic nitrogens is 2. The van der Waals surface area contributed by atoms with E-state index in [1.165, 1.54) is 12.4 Å². The highest BCUT2D eigenvalue weighted by molar-refractivity contribution is 5.68. The van der Waals surface area contributed by atoms with Gasteiger partial charge in [0.2, 0.25) is 0 Å². The number of ether oxygens (including phenoxy) is 1. The molecule has 1 fully saturated rings. The van der Waals surface area contributed by atoms with Crippen molar-refractivity contribution in [2.45, 2.75) is 45.4 Å². The second kappa shape index (κ2) is 9.11. The van der Waals surface area contributed by atoms with Crippen LogP contribution in [0.5, 0.6) is 0 Å². The number of hydrogen-bond acceptors (Lipinski definition) is 5. The van der Waals surface area contributed by atoms with Crippen LogP contribution in [0.25, 0.3) is 11.1 Å². The van der Waals surface area contributed by atoms with E-state index >= 15 is 0 Å². The molecule has 0 atom stereocenters. The maximum Gasteiger partial charge on any atom is 0.417 e. The molecule has 3 rings (SSSR count). The lowest BCUT2D eigenvalue weighted by atomic mass is 9.97. The smallest absolute Gasteiger partial charge is 0.417 e. The van der Waals surface area contributed by atoms with Gasteiger partial charge in [-0.25, -0.2) is 9.78 Å². The van der Waals surface area contributed by atoms with Crippen molar-refractivity contribution in [3.63, 3.8) is 0 Å². The summed E-state index contributed by atoms with van der Waals surface area (Å²) < 4.78 is 45.0. The number of hydrogen-bond donors (Lipinski definition) is 1. The van der Waals surface area contributed by atoms with Crippen LogP contribution in [0.1, 0.15) is 39.2 Å². The second-order valence-electron chi connectivity index (χ2n) is 8.64. The van der Waals surface area contributed by atoms with Gasteiger partial charge in [-0.05, 0) is 57.7 Å². The molecule has 1 N–H and O–H groups in total. The van der Waals surface area contributed by atoms with Gasteiger partial charge >= 0.3 is 12.3 Å². The number of amides is 1. The maximum atomic E-state index is 13.2. The van der Waals surface area contributed by atoms with E-state index in [4.69, 9.17) is 4.74 Å². The van der Waals surface area contributed by atoms with Gasteiger partial charge in [-0.2, -0.15) is 13.2 Å². The number of rotatable bonds is 4. The van der Waals surface area contributed by atoms with E-state index in [9.17, 15) is 18.0 Å². The predicted octanol–water partition coefficient (Wildman–Crippen LogP) is 5.22. The highest BCUT2D eigenvalue weighted by atomic mass is 19.4. The first-order chi connectivity index (χ1) is 14.5. The summed E-state index contributed by atoms with van der Waals surface area (Å²) in [6.45, 7) is 7.48. The van der Waals surface area contributed by atoms with E-state index in [0.29, 0.717) is 36.9 Å². The first-order valence-electron chi connectivity index (χ1n) is 10.2. The summed E-state index contributed by atoms with van der Waals surface area (Å²) in [5.74, 6) is 0.964. The van der Waals surface area contributed by atoms with Gasteiger partial charge in [0.1, 0.15) is 11.4 Å². The lowest BCUT2D eigenvalue weighted by Crippen LogP contribution is -2.42. The van der Waals surface area contributed by atoms with Crippen molar-refractivity contribution in [1.29, 1.82) is 0 Å². The number of piperidine rings is 1. The summed E-state index contributed by atoms with van der Waals surface area (Å²) in [5.41, 5.74) is -0.883. The van der Waals surface area contributed by atoms with E-state index in [0.717, 1.165) is 25.1 Å². The van der Waals surface area contributed by atoms with E-state index in [-0.39, 0.29) is 11.7 Å². The molecule has 0 saturated carbocycles. The van der Waals surface area contributed by atoms with Gasteiger partial charge in [0.25, 0.3) is 0 Å². The third kappa shape index (κ3) is 6.32. The van der Waals surface area contributed by atoms with Gasteiger partial charge in [-0.15, -0.1) is 0 Å². The molecule has 0 aliphatic carbocycles. The van der Waals surface area contributed by atoms with Crippen LogP contribution in [0.4, 0.5) is 23.8 Å². The molecule has 168 valence electrons. The van der Waals surface area contributed by atoms with Crippen LogP contribution < -0.4 is 5.32 Å². The van der Waals surface area contributed by atoms with Crippen molar-refractivity contribution in [3.05, 3.63) is 42.4 Å². The van der Waals surface area contributed by atoms with Crippen molar-refractivity contribution >= 4 is 11.9 Å². The van der Waals surface area contributed by atoms with Gasteiger partial charge in [-0.3, -0.25) is 4.98 Å². The average molecular weight is 436 g/mol. The number of alkyl halides is 3. The fourth-order valence-corrected chi connectivity index (χ4v) is 3.42. The molecule has 9 heteroatoms. The Morgan fingerprint density at radius 1 is 1.16 bits per heavy atom. The molecule has 1 amide bonds. The van der Waals surface area contributed by atoms with E-state index < -0.39 is 17.3 Å². The SMILES string of the molecule is CC(C)(C)OC(=O)N1CCC(CNc2ccc(-c3cnccc3C(F)(F)F)cn2)CC1. The summed E-state index contributed by atoms with van der Waals surface area (Å²) in [4.78, 5) is 21.9. The van der Waals surface area contributed by atoms with Crippen LogP contribution >= 0.6 is 0 Å². The highest BCUT2D eigenvalue weighted by Gasteiger charge is 2.33. The molecule has 31 heavy (non-hydrogen) atoms. The summed E-state index contributed by atoms with van der Waals surface area (Å²) in [5, 5.41) is 3.24. The fraction of sp³-hybridized carbons (Fsp3) is 0.500. The molecule has 0 spiro atoms. The van der Waals surface area contributed by atoms with Crippen LogP contribution in [0, 0.1) is 5.92 Å². The Kier molecular flexibility index (Phi) is 6.71. The fourth-order valence-electron chi connectivity index (χ4n) is 3.42. The largest absolute Gasteiger partial charge is 0.444 e. The molecule has 0 aromatic carbocycles. The molecule has 1 aliphatic rings. The lowest BCUT2D eigenvalue weighted by Gasteiger charge is -2.33. The standard InChI is InChI=1S/C22H27F3N4O2/c1-21(2,3)31-20(30)29-10-7-15(8-11-29)12-27-19-5-4-16(13-28-19)17-14-26-9-6-18(17)22(23,24)25/h4-6,9,13-15H,7-8,10-12H2,1-3H3,(H,27,28). The molecular formula is C22H27F3N4O2. The first kappa shape index (κ1) is 22.8. The molecule has 1 aliphatic heterocycles. The molecule has 3 heterocycles. The number of anilines is 1. The number of likely N-dealkylation sites (tertiary alicyclic amines) is 1. The summed E-state index contributed by atoms with van der Waals surface area (Å²) in [7, 11) is 0. The average Bonchev–Trinajstić information content (AvgIpc) is 2.71. The quantitative estimate of drug-likeness (QED) is 0.712. The molecule has 2 aromatic heterocycles. The van der Waals surface area contributed by atoms with Crippen LogP contribution in [0.2, 0.25) is 0 Å². The summed E-state index contributed by atoms with van der Waals surface area (Å²) in [6, 6.07) is 4.23. The number of carbonyl (C=O) groups is 1. The Balaban J connectivity index is 1.53. The molecule has 6 nitrogen and oxygen atoms in total. The molecule has 1 saturated heterocycles. The van der Waals surface area contributed by atoms with E-state index in [1.54, 1.807) is 17.0 Å². The summed E-state index contributed by atoms with van der Waals surface area (Å²) in [6.07, 6.45) is 0.687. The topological polar surface area (TPSA) is 67.3 Å². The zero-order valence-corrected chi connectivity index (χ0v) is 17.9. The van der Waals surface area contributed by atoms with Crippen LogP contribution in [-0.2, 0) is 10.9 Å². The van der Waals surface area contributed by atoms with Gasteiger partial charge in [0.15, 0.2) is 0 Å². The second-order valence-corrected chi connectivity index (χ2v) is 8.64. The zero-order chi connectivity index (χ0) is 22.6. The first-order valence-corrected chi connectivity index (χ1v) is 10.2. The minimum Gasteiger partial charge on any atom is -0.444 e.